The van der Waals surface area contributed by atoms with Crippen LogP contribution in [0.15, 0.2) is 24.3 Å². The van der Waals surface area contributed by atoms with E-state index >= 15 is 0 Å². The molecule has 1 aromatic heterocycles. The van der Waals surface area contributed by atoms with E-state index in [1.54, 1.807) is 31.2 Å². The number of aromatic nitrogens is 2. The SMILES string of the molecule is Cc1nn(CC(F)(F)F)c(C)c1CC(=O)N1Cc2ccccc2C(C(=O)O)C1. The maximum Gasteiger partial charge on any atom is 0.408 e. The fourth-order valence-electron chi connectivity index (χ4n) is 3.58. The highest BCUT2D eigenvalue weighted by Gasteiger charge is 2.34. The number of carboxylic acid groups (broad SMARTS) is 1. The third-order valence-electron chi connectivity index (χ3n) is 5.03. The van der Waals surface area contributed by atoms with Crippen LogP contribution in [-0.4, -0.2) is 44.4 Å². The van der Waals surface area contributed by atoms with Crippen LogP contribution < -0.4 is 0 Å². The molecule has 0 fully saturated rings. The number of halogens is 3. The number of aliphatic carboxylic acids is 1. The molecule has 0 saturated carbocycles. The minimum atomic E-state index is -4.41. The lowest BCUT2D eigenvalue weighted by molar-refractivity contribution is -0.143. The van der Waals surface area contributed by atoms with Crippen molar-refractivity contribution in [2.45, 2.75) is 45.5 Å². The Morgan fingerprint density at radius 1 is 1.25 bits per heavy atom. The lowest BCUT2D eigenvalue weighted by atomic mass is 9.89. The van der Waals surface area contributed by atoms with E-state index in [9.17, 15) is 27.9 Å². The molecule has 150 valence electrons. The van der Waals surface area contributed by atoms with Crippen molar-refractivity contribution in [3.8, 4) is 0 Å². The van der Waals surface area contributed by atoms with Crippen molar-refractivity contribution in [1.29, 1.82) is 0 Å². The first kappa shape index (κ1) is 19.9. The Bertz CT molecular complexity index is 921. The molecule has 1 amide bonds. The van der Waals surface area contributed by atoms with E-state index in [1.165, 1.54) is 11.8 Å². The van der Waals surface area contributed by atoms with Crippen LogP contribution in [0.3, 0.4) is 0 Å². The maximum atomic E-state index is 12.8. The topological polar surface area (TPSA) is 75.4 Å². The number of carbonyl (C=O) groups is 2. The van der Waals surface area contributed by atoms with Gasteiger partial charge in [-0.05, 0) is 25.0 Å². The predicted octanol–water partition coefficient (Wildman–Crippen LogP) is 2.82. The number of nitrogens with zero attached hydrogens (tertiary/aromatic N) is 3. The van der Waals surface area contributed by atoms with Gasteiger partial charge in [0.25, 0.3) is 0 Å². The lowest BCUT2D eigenvalue weighted by Gasteiger charge is -2.33. The number of rotatable bonds is 4. The summed E-state index contributed by atoms with van der Waals surface area (Å²) >= 11 is 0. The van der Waals surface area contributed by atoms with Gasteiger partial charge >= 0.3 is 12.1 Å². The van der Waals surface area contributed by atoms with Crippen molar-refractivity contribution < 1.29 is 27.9 Å². The van der Waals surface area contributed by atoms with Crippen molar-refractivity contribution in [2.24, 2.45) is 0 Å². The molecule has 0 bridgehead atoms. The van der Waals surface area contributed by atoms with Crippen molar-refractivity contribution in [3.05, 3.63) is 52.3 Å². The Kier molecular flexibility index (Phi) is 5.18. The second kappa shape index (κ2) is 7.29. The van der Waals surface area contributed by atoms with Gasteiger partial charge in [-0.15, -0.1) is 0 Å². The van der Waals surface area contributed by atoms with E-state index in [-0.39, 0.29) is 31.1 Å². The first-order valence-corrected chi connectivity index (χ1v) is 8.75. The first-order chi connectivity index (χ1) is 13.1. The van der Waals surface area contributed by atoms with Crippen LogP contribution >= 0.6 is 0 Å². The Morgan fingerprint density at radius 2 is 1.93 bits per heavy atom. The van der Waals surface area contributed by atoms with Gasteiger partial charge in [0.2, 0.25) is 5.91 Å². The van der Waals surface area contributed by atoms with E-state index in [0.717, 1.165) is 10.2 Å². The molecule has 0 aliphatic carbocycles. The van der Waals surface area contributed by atoms with E-state index in [1.807, 2.05) is 0 Å². The molecule has 1 N–H and O–H groups in total. The molecule has 0 saturated heterocycles. The quantitative estimate of drug-likeness (QED) is 0.864. The van der Waals surface area contributed by atoms with Crippen LogP contribution in [0.2, 0.25) is 0 Å². The highest BCUT2D eigenvalue weighted by atomic mass is 19.4. The monoisotopic (exact) mass is 395 g/mol. The molecule has 2 aromatic rings. The normalized spacial score (nSPS) is 16.8. The molecule has 9 heteroatoms. The van der Waals surface area contributed by atoms with Gasteiger partial charge in [-0.2, -0.15) is 18.3 Å². The number of amides is 1. The summed E-state index contributed by atoms with van der Waals surface area (Å²) in [6, 6.07) is 7.06. The zero-order valence-electron chi connectivity index (χ0n) is 15.5. The van der Waals surface area contributed by atoms with Gasteiger partial charge in [0.05, 0.1) is 18.0 Å². The molecule has 28 heavy (non-hydrogen) atoms. The van der Waals surface area contributed by atoms with Gasteiger partial charge in [0.1, 0.15) is 6.54 Å². The zero-order chi connectivity index (χ0) is 20.6. The van der Waals surface area contributed by atoms with Crippen molar-refractivity contribution >= 4 is 11.9 Å². The smallest absolute Gasteiger partial charge is 0.408 e. The van der Waals surface area contributed by atoms with Gasteiger partial charge in [0.15, 0.2) is 0 Å². The molecule has 1 aromatic carbocycles. The molecule has 1 aliphatic heterocycles. The average molecular weight is 395 g/mol. The molecule has 6 nitrogen and oxygen atoms in total. The molecule has 1 atom stereocenters. The van der Waals surface area contributed by atoms with Crippen molar-refractivity contribution in [3.63, 3.8) is 0 Å². The molecule has 0 spiro atoms. The van der Waals surface area contributed by atoms with Crippen LogP contribution in [0.1, 0.15) is 34.0 Å². The van der Waals surface area contributed by atoms with Crippen LogP contribution in [0.5, 0.6) is 0 Å². The Morgan fingerprint density at radius 3 is 2.57 bits per heavy atom. The van der Waals surface area contributed by atoms with E-state index < -0.39 is 24.6 Å². The molecule has 3 rings (SSSR count). The van der Waals surface area contributed by atoms with Crippen molar-refractivity contribution in [2.75, 3.05) is 6.54 Å². The molecular formula is C19H20F3N3O3. The van der Waals surface area contributed by atoms with Crippen LogP contribution in [0.4, 0.5) is 13.2 Å². The molecule has 1 aliphatic rings. The summed E-state index contributed by atoms with van der Waals surface area (Å²) in [4.78, 5) is 25.9. The number of aryl methyl sites for hydroxylation is 1. The summed E-state index contributed by atoms with van der Waals surface area (Å²) < 4.78 is 38.9. The summed E-state index contributed by atoms with van der Waals surface area (Å²) in [6.07, 6.45) is -4.53. The minimum absolute atomic E-state index is 0.0277. The number of hydrogen-bond acceptors (Lipinski definition) is 3. The Balaban J connectivity index is 1.82. The summed E-state index contributed by atoms with van der Waals surface area (Å²) in [6.45, 7) is 2.15. The van der Waals surface area contributed by atoms with Gasteiger partial charge in [-0.3, -0.25) is 14.3 Å². The summed E-state index contributed by atoms with van der Waals surface area (Å²) in [5.41, 5.74) is 2.54. The van der Waals surface area contributed by atoms with E-state index in [2.05, 4.69) is 5.10 Å². The van der Waals surface area contributed by atoms with Gasteiger partial charge < -0.3 is 10.0 Å². The number of alkyl halides is 3. The van der Waals surface area contributed by atoms with Crippen molar-refractivity contribution in [1.82, 2.24) is 14.7 Å². The molecule has 0 radical (unpaired) electrons. The lowest BCUT2D eigenvalue weighted by Crippen LogP contribution is -2.41. The highest BCUT2D eigenvalue weighted by molar-refractivity contribution is 5.83. The average Bonchev–Trinajstić information content (AvgIpc) is 2.86. The Labute approximate surface area is 159 Å². The van der Waals surface area contributed by atoms with Crippen LogP contribution in [-0.2, 0) is 29.1 Å². The summed E-state index contributed by atoms with van der Waals surface area (Å²) in [5.74, 6) is -2.18. The number of hydrogen-bond donors (Lipinski definition) is 1. The Hall–Kier alpha value is -2.84. The molecular weight excluding hydrogens is 375 g/mol. The number of fused-ring (bicyclic) bond motifs is 1. The largest absolute Gasteiger partial charge is 0.481 e. The first-order valence-electron chi connectivity index (χ1n) is 8.75. The fraction of sp³-hybridized carbons (Fsp3) is 0.421. The van der Waals surface area contributed by atoms with Gasteiger partial charge in [0, 0.05) is 24.3 Å². The maximum absolute atomic E-state index is 12.8. The zero-order valence-corrected chi connectivity index (χ0v) is 15.5. The second-order valence-corrected chi connectivity index (χ2v) is 6.96. The van der Waals surface area contributed by atoms with Crippen LogP contribution in [0, 0.1) is 13.8 Å². The van der Waals surface area contributed by atoms with Gasteiger partial charge in [-0.1, -0.05) is 24.3 Å². The predicted molar refractivity (Wildman–Crippen MR) is 93.7 cm³/mol. The van der Waals surface area contributed by atoms with E-state index in [4.69, 9.17) is 0 Å². The fourth-order valence-corrected chi connectivity index (χ4v) is 3.58. The van der Waals surface area contributed by atoms with E-state index in [0.29, 0.717) is 16.8 Å². The second-order valence-electron chi connectivity index (χ2n) is 6.96. The van der Waals surface area contributed by atoms with Gasteiger partial charge in [-0.25, -0.2) is 0 Å². The summed E-state index contributed by atoms with van der Waals surface area (Å²) in [7, 11) is 0. The third-order valence-corrected chi connectivity index (χ3v) is 5.03. The highest BCUT2D eigenvalue weighted by Crippen LogP contribution is 2.29. The number of carboxylic acids is 1. The summed E-state index contributed by atoms with van der Waals surface area (Å²) in [5, 5.41) is 13.4. The molecule has 2 heterocycles. The van der Waals surface area contributed by atoms with Crippen LogP contribution in [0.25, 0.3) is 0 Å². The molecule has 1 unspecified atom stereocenters. The standard InChI is InChI=1S/C19H20F3N3O3/c1-11-15(12(2)25(23-11)10-19(20,21)22)7-17(26)24-8-13-5-3-4-6-14(13)16(9-24)18(27)28/h3-6,16H,7-10H2,1-2H3,(H,27,28). The minimum Gasteiger partial charge on any atom is -0.481 e. The number of benzene rings is 1. The third kappa shape index (κ3) is 4.02. The number of carbonyl (C=O) groups excluding carboxylic acids is 1.